The summed E-state index contributed by atoms with van der Waals surface area (Å²) in [4.78, 5) is 60.4. The predicted octanol–water partition coefficient (Wildman–Crippen LogP) is -0.718. The van der Waals surface area contributed by atoms with Gasteiger partial charge in [-0.25, -0.2) is 0 Å². The van der Waals surface area contributed by atoms with Gasteiger partial charge >= 0.3 is 0 Å². The van der Waals surface area contributed by atoms with Crippen LogP contribution in [-0.2, 0) is 25.7 Å². The summed E-state index contributed by atoms with van der Waals surface area (Å²) < 4.78 is 0. The average molecular weight is 372 g/mol. The van der Waals surface area contributed by atoms with Crippen molar-refractivity contribution in [3.63, 3.8) is 0 Å². The average Bonchev–Trinajstić information content (AvgIpc) is 2.91. The Labute approximate surface area is 155 Å². The van der Waals surface area contributed by atoms with Crippen molar-refractivity contribution in [2.24, 2.45) is 11.5 Å². The van der Waals surface area contributed by atoms with Gasteiger partial charge in [-0.1, -0.05) is 12.1 Å². The van der Waals surface area contributed by atoms with Crippen molar-refractivity contribution in [1.29, 1.82) is 0 Å². The van der Waals surface area contributed by atoms with Crippen LogP contribution >= 0.6 is 0 Å². The lowest BCUT2D eigenvalue weighted by Gasteiger charge is -2.29. The van der Waals surface area contributed by atoms with Crippen LogP contribution in [0.25, 0.3) is 0 Å². The van der Waals surface area contributed by atoms with E-state index in [4.69, 9.17) is 11.5 Å². The highest BCUT2D eigenvalue weighted by atomic mass is 16.2. The Kier molecular flexibility index (Phi) is 4.93. The molecule has 0 bridgehead atoms. The topological polar surface area (TPSA) is 153 Å². The number of amides is 5. The number of hydrogen-bond donors (Lipinski definition) is 3. The van der Waals surface area contributed by atoms with Gasteiger partial charge in [-0.2, -0.15) is 0 Å². The Morgan fingerprint density at radius 2 is 1.96 bits per heavy atom. The number of primary amides is 2. The fraction of sp³-hybridized carbons (Fsp3) is 0.389. The highest BCUT2D eigenvalue weighted by Gasteiger charge is 2.39. The van der Waals surface area contributed by atoms with E-state index in [1.54, 1.807) is 18.2 Å². The number of rotatable bonds is 6. The van der Waals surface area contributed by atoms with E-state index in [1.807, 2.05) is 0 Å². The van der Waals surface area contributed by atoms with E-state index < -0.39 is 29.7 Å². The number of nitrogens with one attached hydrogen (secondary N) is 1. The molecule has 1 aromatic rings. The zero-order valence-electron chi connectivity index (χ0n) is 14.6. The molecule has 0 aliphatic carbocycles. The molecule has 0 spiro atoms. The predicted molar refractivity (Wildman–Crippen MR) is 92.9 cm³/mol. The number of imide groups is 1. The van der Waals surface area contributed by atoms with Crippen molar-refractivity contribution in [3.05, 3.63) is 34.9 Å². The van der Waals surface area contributed by atoms with E-state index in [1.165, 1.54) is 4.90 Å². The minimum absolute atomic E-state index is 0.00103. The minimum atomic E-state index is -0.736. The highest BCUT2D eigenvalue weighted by Crippen LogP contribution is 2.31. The Morgan fingerprint density at radius 3 is 2.59 bits per heavy atom. The first-order valence-corrected chi connectivity index (χ1v) is 8.63. The maximum atomic E-state index is 12.8. The summed E-state index contributed by atoms with van der Waals surface area (Å²) in [6.45, 7) is 0.253. The molecule has 0 radical (unpaired) electrons. The first-order chi connectivity index (χ1) is 12.8. The number of nitrogens with zero attached hydrogens (tertiary/aromatic N) is 1. The molecule has 0 aromatic heterocycles. The monoisotopic (exact) mass is 372 g/mol. The molecule has 9 nitrogen and oxygen atoms in total. The lowest BCUT2D eigenvalue weighted by atomic mass is 9.91. The number of carbonyl (C=O) groups excluding carboxylic acids is 5. The molecule has 27 heavy (non-hydrogen) atoms. The van der Waals surface area contributed by atoms with Gasteiger partial charge in [-0.15, -0.1) is 0 Å². The lowest BCUT2D eigenvalue weighted by Crippen LogP contribution is -2.52. The van der Waals surface area contributed by atoms with Crippen molar-refractivity contribution in [2.45, 2.75) is 44.2 Å². The summed E-state index contributed by atoms with van der Waals surface area (Å²) in [5, 5.41) is 2.25. The molecule has 3 rings (SSSR count). The Morgan fingerprint density at radius 1 is 1.22 bits per heavy atom. The van der Waals surface area contributed by atoms with Gasteiger partial charge in [-0.3, -0.25) is 29.3 Å². The maximum absolute atomic E-state index is 12.8. The highest BCUT2D eigenvalue weighted by molar-refractivity contribution is 6.05. The molecule has 0 saturated carbocycles. The van der Waals surface area contributed by atoms with Gasteiger partial charge in [0.05, 0.1) is 5.92 Å². The second-order valence-electron chi connectivity index (χ2n) is 6.78. The van der Waals surface area contributed by atoms with Crippen LogP contribution < -0.4 is 16.8 Å². The standard InChI is InChI=1S/C18H20N4O5/c19-14(23)5-3-11(16(20)25)9-1-2-10-8-22(18(27)12(10)7-9)13-4-6-15(24)21-17(13)26/h1-2,7,11,13H,3-6,8H2,(H2,19,23)(H2,20,25)(H,21,24,26). The molecule has 2 aliphatic rings. The quantitative estimate of drug-likeness (QED) is 0.563. The van der Waals surface area contributed by atoms with E-state index in [9.17, 15) is 24.0 Å². The van der Waals surface area contributed by atoms with Crippen LogP contribution in [0.1, 0.15) is 53.1 Å². The minimum Gasteiger partial charge on any atom is -0.370 e. The van der Waals surface area contributed by atoms with Gasteiger partial charge in [-0.05, 0) is 30.0 Å². The molecule has 2 unspecified atom stereocenters. The van der Waals surface area contributed by atoms with Gasteiger partial charge in [0, 0.05) is 24.9 Å². The van der Waals surface area contributed by atoms with E-state index in [2.05, 4.69) is 5.32 Å². The molecular formula is C18H20N4O5. The van der Waals surface area contributed by atoms with Crippen LogP contribution in [0.15, 0.2) is 18.2 Å². The summed E-state index contributed by atoms with van der Waals surface area (Å²) in [7, 11) is 0. The Balaban J connectivity index is 1.83. The summed E-state index contributed by atoms with van der Waals surface area (Å²) in [5.41, 5.74) is 12.2. The number of benzene rings is 1. The first-order valence-electron chi connectivity index (χ1n) is 8.63. The molecule has 2 atom stereocenters. The van der Waals surface area contributed by atoms with E-state index in [0.717, 1.165) is 5.56 Å². The molecule has 5 N–H and O–H groups in total. The van der Waals surface area contributed by atoms with E-state index >= 15 is 0 Å². The summed E-state index contributed by atoms with van der Waals surface area (Å²) in [6.07, 6.45) is 0.619. The van der Waals surface area contributed by atoms with Crippen LogP contribution in [0.5, 0.6) is 0 Å². The first kappa shape index (κ1) is 18.6. The third kappa shape index (κ3) is 3.67. The van der Waals surface area contributed by atoms with Gasteiger partial charge in [0.25, 0.3) is 5.91 Å². The Bertz CT molecular complexity index is 850. The third-order valence-electron chi connectivity index (χ3n) is 4.98. The van der Waals surface area contributed by atoms with Crippen LogP contribution in [0, 0.1) is 0 Å². The number of carbonyl (C=O) groups is 5. The molecular weight excluding hydrogens is 352 g/mol. The van der Waals surface area contributed by atoms with Gasteiger partial charge in [0.2, 0.25) is 23.6 Å². The fourth-order valence-electron chi connectivity index (χ4n) is 3.55. The molecule has 1 aromatic carbocycles. The normalized spacial score (nSPS) is 20.2. The van der Waals surface area contributed by atoms with Crippen molar-refractivity contribution < 1.29 is 24.0 Å². The number of fused-ring (bicyclic) bond motifs is 1. The third-order valence-corrected chi connectivity index (χ3v) is 4.98. The summed E-state index contributed by atoms with van der Waals surface area (Å²) >= 11 is 0. The molecule has 142 valence electrons. The summed E-state index contributed by atoms with van der Waals surface area (Å²) in [6, 6.07) is 4.29. The van der Waals surface area contributed by atoms with E-state index in [0.29, 0.717) is 11.1 Å². The number of piperidine rings is 1. The summed E-state index contributed by atoms with van der Waals surface area (Å²) in [5.74, 6) is -3.04. The van der Waals surface area contributed by atoms with Gasteiger partial charge in [0.15, 0.2) is 0 Å². The fourth-order valence-corrected chi connectivity index (χ4v) is 3.55. The van der Waals surface area contributed by atoms with Crippen LogP contribution in [0.4, 0.5) is 0 Å². The zero-order valence-corrected chi connectivity index (χ0v) is 14.6. The molecule has 9 heteroatoms. The lowest BCUT2D eigenvalue weighted by molar-refractivity contribution is -0.137. The second-order valence-corrected chi connectivity index (χ2v) is 6.78. The molecule has 2 heterocycles. The number of nitrogens with two attached hydrogens (primary N) is 2. The molecule has 2 aliphatic heterocycles. The Hall–Kier alpha value is -3.23. The smallest absolute Gasteiger partial charge is 0.255 e. The maximum Gasteiger partial charge on any atom is 0.255 e. The van der Waals surface area contributed by atoms with Crippen molar-refractivity contribution in [1.82, 2.24) is 10.2 Å². The zero-order chi connectivity index (χ0) is 19.7. The van der Waals surface area contributed by atoms with Gasteiger partial charge in [0.1, 0.15) is 6.04 Å². The van der Waals surface area contributed by atoms with Crippen molar-refractivity contribution in [3.8, 4) is 0 Å². The van der Waals surface area contributed by atoms with Crippen LogP contribution in [0.3, 0.4) is 0 Å². The van der Waals surface area contributed by atoms with Crippen molar-refractivity contribution >= 4 is 29.5 Å². The molecule has 5 amide bonds. The SMILES string of the molecule is NC(=O)CCC(C(N)=O)c1ccc2c(c1)C(=O)N(C1CCC(=O)NC1=O)C2. The largest absolute Gasteiger partial charge is 0.370 e. The van der Waals surface area contributed by atoms with Crippen molar-refractivity contribution in [2.75, 3.05) is 0 Å². The van der Waals surface area contributed by atoms with Crippen LogP contribution in [0.2, 0.25) is 0 Å². The van der Waals surface area contributed by atoms with E-state index in [-0.39, 0.29) is 44.0 Å². The molecule has 1 fully saturated rings. The molecule has 1 saturated heterocycles. The second kappa shape index (κ2) is 7.18. The number of hydrogen-bond acceptors (Lipinski definition) is 5. The van der Waals surface area contributed by atoms with Crippen LogP contribution in [-0.4, -0.2) is 40.5 Å². The van der Waals surface area contributed by atoms with Gasteiger partial charge < -0.3 is 16.4 Å².